The van der Waals surface area contributed by atoms with E-state index in [0.717, 1.165) is 63.9 Å². The molecule has 0 radical (unpaired) electrons. The third-order valence-electron chi connectivity index (χ3n) is 6.84. The van der Waals surface area contributed by atoms with Crippen LogP contribution in [0.15, 0.2) is 42.6 Å². The number of carbonyl (C=O) groups excluding carboxylic acids is 2. The Hall–Kier alpha value is -3.43. The zero-order valence-electron chi connectivity index (χ0n) is 19.5. The molecule has 3 N–H and O–H groups in total. The van der Waals surface area contributed by atoms with Gasteiger partial charge in [-0.3, -0.25) is 14.3 Å². The first-order valence-electron chi connectivity index (χ1n) is 12.0. The van der Waals surface area contributed by atoms with Crippen LogP contribution >= 0.6 is 11.3 Å². The molecule has 1 atom stereocenters. The molecule has 1 saturated carbocycles. The number of aliphatic hydroxyl groups excluding tert-OH is 1. The van der Waals surface area contributed by atoms with Crippen LogP contribution in [0.5, 0.6) is 0 Å². The molecular weight excluding hydrogens is 462 g/mol. The maximum atomic E-state index is 13.1. The maximum Gasteiger partial charge on any atom is 0.326 e. The van der Waals surface area contributed by atoms with Gasteiger partial charge in [0.2, 0.25) is 0 Å². The van der Waals surface area contributed by atoms with Crippen molar-refractivity contribution in [1.29, 1.82) is 0 Å². The van der Waals surface area contributed by atoms with Gasteiger partial charge in [0.05, 0.1) is 38.9 Å². The van der Waals surface area contributed by atoms with E-state index in [1.807, 2.05) is 43.3 Å². The predicted octanol–water partition coefficient (Wildman–Crippen LogP) is 4.62. The van der Waals surface area contributed by atoms with E-state index >= 15 is 0 Å². The lowest BCUT2D eigenvalue weighted by Gasteiger charge is -2.22. The molecular formula is C26H27N5O3S. The van der Waals surface area contributed by atoms with Crippen molar-refractivity contribution < 1.29 is 14.7 Å². The van der Waals surface area contributed by atoms with Gasteiger partial charge < -0.3 is 20.6 Å². The summed E-state index contributed by atoms with van der Waals surface area (Å²) < 4.78 is 2.64. The smallest absolute Gasteiger partial charge is 0.326 e. The van der Waals surface area contributed by atoms with Gasteiger partial charge in [-0.1, -0.05) is 0 Å². The van der Waals surface area contributed by atoms with Crippen molar-refractivity contribution in [3.63, 3.8) is 0 Å². The summed E-state index contributed by atoms with van der Waals surface area (Å²) >= 11 is 1.42. The minimum absolute atomic E-state index is 0.00634. The van der Waals surface area contributed by atoms with Crippen LogP contribution in [0, 0.1) is 6.92 Å². The summed E-state index contributed by atoms with van der Waals surface area (Å²) in [6.45, 7) is 2.61. The monoisotopic (exact) mass is 489 g/mol. The standard InChI is InChI=1S/C26H27N5O3S/c1-15-11-16-12-18(6-7-22(16)31(15)26(34)29-17-4-5-17)28-20-8-9-27-21-13-23(35-24(20)21)25(33)30-10-2-3-19(30)14-32/h6-9,11-13,17,19,32H,2-5,10,14H2,1H3,(H,27,28)(H,29,34)/t19-/m1/s1. The summed E-state index contributed by atoms with van der Waals surface area (Å²) in [5, 5.41) is 17.1. The number of nitrogens with one attached hydrogen (secondary N) is 2. The number of amides is 2. The van der Waals surface area contributed by atoms with E-state index in [9.17, 15) is 14.7 Å². The molecule has 2 fully saturated rings. The average molecular weight is 490 g/mol. The number of benzene rings is 1. The van der Waals surface area contributed by atoms with Crippen molar-refractivity contribution in [3.8, 4) is 0 Å². The van der Waals surface area contributed by atoms with E-state index in [1.165, 1.54) is 11.3 Å². The van der Waals surface area contributed by atoms with Gasteiger partial charge in [-0.25, -0.2) is 4.79 Å². The van der Waals surface area contributed by atoms with Gasteiger partial charge in [-0.2, -0.15) is 0 Å². The summed E-state index contributed by atoms with van der Waals surface area (Å²) in [6.07, 6.45) is 5.59. The lowest BCUT2D eigenvalue weighted by Crippen LogP contribution is -2.37. The molecule has 1 aromatic carbocycles. The van der Waals surface area contributed by atoms with Crippen LogP contribution in [-0.4, -0.2) is 56.7 Å². The van der Waals surface area contributed by atoms with E-state index in [0.29, 0.717) is 17.5 Å². The summed E-state index contributed by atoms with van der Waals surface area (Å²) in [7, 11) is 0. The molecule has 0 spiro atoms. The van der Waals surface area contributed by atoms with Gasteiger partial charge >= 0.3 is 6.03 Å². The number of likely N-dealkylation sites (tertiary alicyclic amines) is 1. The van der Waals surface area contributed by atoms with Gasteiger partial charge in [-0.05, 0) is 69.0 Å². The van der Waals surface area contributed by atoms with E-state index in [-0.39, 0.29) is 24.6 Å². The molecule has 0 bridgehead atoms. The predicted molar refractivity (Wildman–Crippen MR) is 138 cm³/mol. The molecule has 1 aliphatic heterocycles. The second-order valence-electron chi connectivity index (χ2n) is 9.40. The maximum absolute atomic E-state index is 13.1. The number of rotatable bonds is 5. The molecule has 9 heteroatoms. The highest BCUT2D eigenvalue weighted by Gasteiger charge is 2.30. The van der Waals surface area contributed by atoms with Crippen LogP contribution in [0.25, 0.3) is 21.1 Å². The van der Waals surface area contributed by atoms with Crippen LogP contribution in [-0.2, 0) is 0 Å². The molecule has 3 aromatic heterocycles. The topological polar surface area (TPSA) is 99.5 Å². The molecule has 35 heavy (non-hydrogen) atoms. The van der Waals surface area contributed by atoms with Crippen LogP contribution in [0.1, 0.15) is 41.0 Å². The van der Waals surface area contributed by atoms with E-state index in [4.69, 9.17) is 0 Å². The zero-order valence-corrected chi connectivity index (χ0v) is 20.3. The first-order chi connectivity index (χ1) is 17.0. The average Bonchev–Trinajstić information content (AvgIpc) is 3.24. The number of thiophene rings is 1. The van der Waals surface area contributed by atoms with Crippen molar-refractivity contribution in [2.24, 2.45) is 0 Å². The Balaban J connectivity index is 1.28. The third kappa shape index (κ3) is 4.04. The quantitative estimate of drug-likeness (QED) is 0.380. The van der Waals surface area contributed by atoms with Crippen molar-refractivity contribution in [2.75, 3.05) is 18.5 Å². The Bertz CT molecular complexity index is 1450. The molecule has 6 rings (SSSR count). The highest BCUT2D eigenvalue weighted by molar-refractivity contribution is 7.21. The van der Waals surface area contributed by atoms with Gasteiger partial charge in [0, 0.05) is 35.6 Å². The zero-order chi connectivity index (χ0) is 24.1. The minimum Gasteiger partial charge on any atom is -0.394 e. The highest BCUT2D eigenvalue weighted by Crippen LogP contribution is 2.35. The van der Waals surface area contributed by atoms with Crippen molar-refractivity contribution >= 4 is 55.8 Å². The van der Waals surface area contributed by atoms with Crippen molar-refractivity contribution in [2.45, 2.75) is 44.7 Å². The fraction of sp³-hybridized carbons (Fsp3) is 0.346. The molecule has 0 unspecified atom stereocenters. The number of hydrogen-bond donors (Lipinski definition) is 3. The molecule has 1 aliphatic carbocycles. The van der Waals surface area contributed by atoms with E-state index in [2.05, 4.69) is 15.6 Å². The minimum atomic E-state index is -0.105. The third-order valence-corrected chi connectivity index (χ3v) is 7.99. The Morgan fingerprint density at radius 2 is 2.03 bits per heavy atom. The normalized spacial score (nSPS) is 17.9. The highest BCUT2D eigenvalue weighted by atomic mass is 32.1. The molecule has 2 aliphatic rings. The van der Waals surface area contributed by atoms with Crippen LogP contribution in [0.2, 0.25) is 0 Å². The number of aromatic nitrogens is 2. The fourth-order valence-electron chi connectivity index (χ4n) is 4.90. The second-order valence-corrected chi connectivity index (χ2v) is 10.5. The lowest BCUT2D eigenvalue weighted by molar-refractivity contribution is 0.0682. The van der Waals surface area contributed by atoms with Crippen molar-refractivity contribution in [3.05, 3.63) is 53.2 Å². The van der Waals surface area contributed by atoms with Crippen molar-refractivity contribution in [1.82, 2.24) is 19.8 Å². The Morgan fingerprint density at radius 3 is 2.83 bits per heavy atom. The van der Waals surface area contributed by atoms with E-state index in [1.54, 1.807) is 15.7 Å². The van der Waals surface area contributed by atoms with Crippen LogP contribution < -0.4 is 10.6 Å². The molecule has 1 saturated heterocycles. The lowest BCUT2D eigenvalue weighted by atomic mass is 10.2. The largest absolute Gasteiger partial charge is 0.394 e. The Labute approximate surface area is 206 Å². The molecule has 8 nitrogen and oxygen atoms in total. The molecule has 180 valence electrons. The van der Waals surface area contributed by atoms with E-state index < -0.39 is 0 Å². The Kier molecular flexibility index (Phi) is 5.46. The number of aryl methyl sites for hydroxylation is 1. The Morgan fingerprint density at radius 1 is 1.17 bits per heavy atom. The number of pyridine rings is 1. The SMILES string of the molecule is Cc1cc2cc(Nc3ccnc4cc(C(=O)N5CCC[C@@H]5CO)sc34)ccc2n1C(=O)NC1CC1. The number of anilines is 2. The van der Waals surface area contributed by atoms with Gasteiger partial charge in [0.25, 0.3) is 5.91 Å². The molecule has 4 aromatic rings. The first kappa shape index (κ1) is 22.1. The number of hydrogen-bond acceptors (Lipinski definition) is 6. The number of carbonyl (C=O) groups is 2. The van der Waals surface area contributed by atoms with Gasteiger partial charge in [0.15, 0.2) is 0 Å². The number of fused-ring (bicyclic) bond motifs is 2. The van der Waals surface area contributed by atoms with Gasteiger partial charge in [-0.15, -0.1) is 11.3 Å². The summed E-state index contributed by atoms with van der Waals surface area (Å²) in [4.78, 5) is 32.7. The molecule has 2 amide bonds. The number of aliphatic hydroxyl groups is 1. The van der Waals surface area contributed by atoms with Crippen LogP contribution in [0.3, 0.4) is 0 Å². The fourth-order valence-corrected chi connectivity index (χ4v) is 5.94. The number of nitrogens with zero attached hydrogens (tertiary/aromatic N) is 3. The van der Waals surface area contributed by atoms with Gasteiger partial charge in [0.1, 0.15) is 0 Å². The first-order valence-corrected chi connectivity index (χ1v) is 12.8. The summed E-state index contributed by atoms with van der Waals surface area (Å²) in [6, 6.07) is 11.8. The molecule has 4 heterocycles. The second kappa shape index (κ2) is 8.66. The summed E-state index contributed by atoms with van der Waals surface area (Å²) in [5.41, 5.74) is 4.31. The summed E-state index contributed by atoms with van der Waals surface area (Å²) in [5.74, 6) is -0.0433. The van der Waals surface area contributed by atoms with Crippen LogP contribution in [0.4, 0.5) is 16.2 Å².